The molecule has 3 heterocycles. The maximum atomic E-state index is 12.7. The van der Waals surface area contributed by atoms with Gasteiger partial charge in [0.2, 0.25) is 5.91 Å². The molecule has 126 valence electrons. The minimum atomic E-state index is 0.108. The summed E-state index contributed by atoms with van der Waals surface area (Å²) in [5.41, 5.74) is 2.34. The molecular formula is C19H21NO3S. The molecule has 0 radical (unpaired) electrons. The van der Waals surface area contributed by atoms with Gasteiger partial charge in [-0.15, -0.1) is 0 Å². The number of hydrogen-bond donors (Lipinski definition) is 0. The molecule has 2 aliphatic rings. The van der Waals surface area contributed by atoms with Crippen LogP contribution in [-0.2, 0) is 11.2 Å². The lowest BCUT2D eigenvalue weighted by Gasteiger charge is -2.29. The largest absolute Gasteiger partial charge is 0.486 e. The number of nitrogens with zero attached hydrogens (tertiary/aromatic N) is 1. The van der Waals surface area contributed by atoms with Gasteiger partial charge in [-0.1, -0.05) is 12.1 Å². The second-order valence-electron chi connectivity index (χ2n) is 6.25. The number of ether oxygens (including phenoxy) is 2. The SMILES string of the molecule is O=C(CCc1ccsc1)N1CCC[C@H]1c1cccc2c1OCCO2. The first-order valence-electron chi connectivity index (χ1n) is 8.52. The first-order chi connectivity index (χ1) is 11.8. The van der Waals surface area contributed by atoms with E-state index in [0.717, 1.165) is 42.9 Å². The maximum absolute atomic E-state index is 12.7. The Morgan fingerprint density at radius 2 is 2.17 bits per heavy atom. The Kier molecular flexibility index (Phi) is 4.43. The van der Waals surface area contributed by atoms with Crippen molar-refractivity contribution in [3.63, 3.8) is 0 Å². The van der Waals surface area contributed by atoms with Crippen molar-refractivity contribution in [2.24, 2.45) is 0 Å². The number of benzene rings is 1. The van der Waals surface area contributed by atoms with E-state index in [9.17, 15) is 4.79 Å². The van der Waals surface area contributed by atoms with Crippen molar-refractivity contribution in [3.8, 4) is 11.5 Å². The van der Waals surface area contributed by atoms with Crippen LogP contribution in [0.15, 0.2) is 35.0 Å². The van der Waals surface area contributed by atoms with Crippen LogP contribution in [0.2, 0.25) is 0 Å². The van der Waals surface area contributed by atoms with Gasteiger partial charge in [-0.05, 0) is 47.7 Å². The van der Waals surface area contributed by atoms with Gasteiger partial charge in [0.15, 0.2) is 11.5 Å². The number of amides is 1. The molecule has 0 bridgehead atoms. The van der Waals surface area contributed by atoms with Gasteiger partial charge in [-0.25, -0.2) is 0 Å². The standard InChI is InChI=1S/C19H21NO3S/c21-18(7-6-14-8-12-24-13-14)20-9-2-4-16(20)15-3-1-5-17-19(15)23-11-10-22-17/h1,3,5,8,12-13,16H,2,4,6-7,9-11H2/t16-/m0/s1. The average molecular weight is 343 g/mol. The van der Waals surface area contributed by atoms with Gasteiger partial charge >= 0.3 is 0 Å². The molecule has 4 rings (SSSR count). The van der Waals surface area contributed by atoms with Gasteiger partial charge < -0.3 is 14.4 Å². The van der Waals surface area contributed by atoms with E-state index in [2.05, 4.69) is 22.9 Å². The number of aryl methyl sites for hydroxylation is 1. The smallest absolute Gasteiger partial charge is 0.223 e. The van der Waals surface area contributed by atoms with E-state index in [-0.39, 0.29) is 11.9 Å². The van der Waals surface area contributed by atoms with Gasteiger partial charge in [0.25, 0.3) is 0 Å². The molecule has 1 fully saturated rings. The van der Waals surface area contributed by atoms with Crippen LogP contribution in [0.4, 0.5) is 0 Å². The van der Waals surface area contributed by atoms with Crippen LogP contribution in [0, 0.1) is 0 Å². The van der Waals surface area contributed by atoms with Gasteiger partial charge in [-0.2, -0.15) is 11.3 Å². The van der Waals surface area contributed by atoms with Gasteiger partial charge in [0.05, 0.1) is 6.04 Å². The predicted molar refractivity (Wildman–Crippen MR) is 93.8 cm³/mol. The highest BCUT2D eigenvalue weighted by Gasteiger charge is 2.33. The zero-order valence-electron chi connectivity index (χ0n) is 13.6. The molecule has 24 heavy (non-hydrogen) atoms. The minimum Gasteiger partial charge on any atom is -0.486 e. The van der Waals surface area contributed by atoms with Crippen molar-refractivity contribution in [2.75, 3.05) is 19.8 Å². The summed E-state index contributed by atoms with van der Waals surface area (Å²) in [6, 6.07) is 8.21. The van der Waals surface area contributed by atoms with E-state index in [0.29, 0.717) is 19.6 Å². The summed E-state index contributed by atoms with van der Waals surface area (Å²) >= 11 is 1.68. The van der Waals surface area contributed by atoms with E-state index >= 15 is 0 Å². The van der Waals surface area contributed by atoms with Gasteiger partial charge in [-0.3, -0.25) is 4.79 Å². The van der Waals surface area contributed by atoms with Crippen molar-refractivity contribution in [3.05, 3.63) is 46.2 Å². The average Bonchev–Trinajstić information content (AvgIpc) is 3.31. The summed E-state index contributed by atoms with van der Waals surface area (Å²) in [5.74, 6) is 1.86. The molecule has 2 aromatic rings. The number of hydrogen-bond acceptors (Lipinski definition) is 4. The lowest BCUT2D eigenvalue weighted by atomic mass is 10.0. The minimum absolute atomic E-state index is 0.108. The molecule has 2 aliphatic heterocycles. The highest BCUT2D eigenvalue weighted by Crippen LogP contribution is 2.42. The van der Waals surface area contributed by atoms with E-state index in [1.807, 2.05) is 17.0 Å². The summed E-state index contributed by atoms with van der Waals surface area (Å²) in [4.78, 5) is 14.8. The molecule has 1 atom stereocenters. The Balaban J connectivity index is 1.51. The number of para-hydroxylation sites is 1. The summed E-state index contributed by atoms with van der Waals surface area (Å²) in [7, 11) is 0. The Bertz CT molecular complexity index is 713. The molecule has 4 nitrogen and oxygen atoms in total. The van der Waals surface area contributed by atoms with Gasteiger partial charge in [0.1, 0.15) is 13.2 Å². The van der Waals surface area contributed by atoms with Crippen molar-refractivity contribution in [1.82, 2.24) is 4.90 Å². The normalized spacial score (nSPS) is 19.5. The first kappa shape index (κ1) is 15.5. The van der Waals surface area contributed by atoms with Crippen molar-refractivity contribution < 1.29 is 14.3 Å². The van der Waals surface area contributed by atoms with Crippen LogP contribution >= 0.6 is 11.3 Å². The Morgan fingerprint density at radius 3 is 3.04 bits per heavy atom. The Labute approximate surface area is 146 Å². The van der Waals surface area contributed by atoms with Crippen LogP contribution in [0.1, 0.15) is 36.4 Å². The Morgan fingerprint density at radius 1 is 1.25 bits per heavy atom. The zero-order chi connectivity index (χ0) is 16.4. The van der Waals surface area contributed by atoms with Crippen molar-refractivity contribution in [1.29, 1.82) is 0 Å². The third-order valence-corrected chi connectivity index (χ3v) is 5.47. The molecule has 1 saturated heterocycles. The lowest BCUT2D eigenvalue weighted by molar-refractivity contribution is -0.132. The monoisotopic (exact) mass is 343 g/mol. The van der Waals surface area contributed by atoms with Crippen LogP contribution < -0.4 is 9.47 Å². The molecule has 1 aromatic heterocycles. The third kappa shape index (κ3) is 3.00. The second kappa shape index (κ2) is 6.85. The fourth-order valence-electron chi connectivity index (χ4n) is 3.58. The first-order valence-corrected chi connectivity index (χ1v) is 9.46. The van der Waals surface area contributed by atoms with E-state index in [4.69, 9.17) is 9.47 Å². The second-order valence-corrected chi connectivity index (χ2v) is 7.03. The third-order valence-electron chi connectivity index (χ3n) is 4.74. The van der Waals surface area contributed by atoms with Crippen molar-refractivity contribution in [2.45, 2.75) is 31.7 Å². The number of rotatable bonds is 4. The maximum Gasteiger partial charge on any atom is 0.223 e. The molecule has 5 heteroatoms. The zero-order valence-corrected chi connectivity index (χ0v) is 14.4. The van der Waals surface area contributed by atoms with Crippen LogP contribution in [-0.4, -0.2) is 30.6 Å². The summed E-state index contributed by atoms with van der Waals surface area (Å²) < 4.78 is 11.5. The van der Waals surface area contributed by atoms with Gasteiger partial charge in [0, 0.05) is 18.5 Å². The van der Waals surface area contributed by atoms with E-state index in [1.165, 1.54) is 5.56 Å². The van der Waals surface area contributed by atoms with E-state index < -0.39 is 0 Å². The molecule has 0 unspecified atom stereocenters. The van der Waals surface area contributed by atoms with Crippen LogP contribution in [0.25, 0.3) is 0 Å². The number of thiophene rings is 1. The molecule has 0 spiro atoms. The summed E-state index contributed by atoms with van der Waals surface area (Å²) in [6.45, 7) is 1.99. The quantitative estimate of drug-likeness (QED) is 0.847. The molecule has 1 amide bonds. The predicted octanol–water partition coefficient (Wildman–Crippen LogP) is 3.82. The Hall–Kier alpha value is -2.01. The highest BCUT2D eigenvalue weighted by molar-refractivity contribution is 7.07. The van der Waals surface area contributed by atoms with Crippen LogP contribution in [0.5, 0.6) is 11.5 Å². The summed E-state index contributed by atoms with van der Waals surface area (Å²) in [5, 5.41) is 4.18. The van der Waals surface area contributed by atoms with Crippen LogP contribution in [0.3, 0.4) is 0 Å². The molecule has 0 N–H and O–H groups in total. The molecular weight excluding hydrogens is 322 g/mol. The number of carbonyl (C=O) groups is 1. The fraction of sp³-hybridized carbons (Fsp3) is 0.421. The number of fused-ring (bicyclic) bond motifs is 1. The lowest BCUT2D eigenvalue weighted by Crippen LogP contribution is -2.31. The van der Waals surface area contributed by atoms with Crippen molar-refractivity contribution >= 4 is 17.2 Å². The highest BCUT2D eigenvalue weighted by atomic mass is 32.1. The topological polar surface area (TPSA) is 38.8 Å². The number of likely N-dealkylation sites (tertiary alicyclic amines) is 1. The fourth-order valence-corrected chi connectivity index (χ4v) is 4.28. The van der Waals surface area contributed by atoms with E-state index in [1.54, 1.807) is 11.3 Å². The number of carbonyl (C=O) groups excluding carboxylic acids is 1. The molecule has 0 saturated carbocycles. The molecule has 1 aromatic carbocycles. The molecule has 0 aliphatic carbocycles. The summed E-state index contributed by atoms with van der Waals surface area (Å²) in [6.07, 6.45) is 3.42.